The van der Waals surface area contributed by atoms with Gasteiger partial charge in [-0.1, -0.05) is 11.6 Å². The van der Waals surface area contributed by atoms with E-state index in [0.29, 0.717) is 11.7 Å². The summed E-state index contributed by atoms with van der Waals surface area (Å²) in [6.07, 6.45) is 1.73. The average Bonchev–Trinajstić information content (AvgIpc) is 3.06. The van der Waals surface area contributed by atoms with E-state index in [9.17, 15) is 5.11 Å². The molecule has 3 rings (SSSR count). The van der Waals surface area contributed by atoms with E-state index >= 15 is 0 Å². The molecule has 90 valence electrons. The molecule has 1 aliphatic carbocycles. The van der Waals surface area contributed by atoms with Crippen LogP contribution in [0.4, 0.5) is 0 Å². The molecule has 1 saturated carbocycles. The number of benzene rings is 1. The smallest absolute Gasteiger partial charge is 0.135 e. The predicted octanol–water partition coefficient (Wildman–Crippen LogP) is 4.15. The van der Waals surface area contributed by atoms with Gasteiger partial charge in [0.25, 0.3) is 0 Å². The molecule has 0 aliphatic heterocycles. The van der Waals surface area contributed by atoms with Gasteiger partial charge in [0.2, 0.25) is 0 Å². The van der Waals surface area contributed by atoms with Crippen LogP contribution in [0.5, 0.6) is 0 Å². The molecular formula is C14H15ClO2. The zero-order valence-electron chi connectivity index (χ0n) is 9.96. The molecule has 1 atom stereocenters. The van der Waals surface area contributed by atoms with Crippen LogP contribution in [0.3, 0.4) is 0 Å². The Morgan fingerprint density at radius 3 is 2.71 bits per heavy atom. The standard InChI is InChI=1S/C14H15ClO2/c1-7-5-11-10(8(2)13(7)15)6-12(17-11)14(16)9-3-4-9/h5-6,9,14,16H,3-4H2,1-2H3. The molecular weight excluding hydrogens is 236 g/mol. The van der Waals surface area contributed by atoms with Gasteiger partial charge in [0.1, 0.15) is 17.4 Å². The minimum Gasteiger partial charge on any atom is -0.458 e. The topological polar surface area (TPSA) is 33.4 Å². The summed E-state index contributed by atoms with van der Waals surface area (Å²) >= 11 is 6.22. The van der Waals surface area contributed by atoms with E-state index in [1.54, 1.807) is 0 Å². The second-order valence-corrected chi connectivity index (χ2v) is 5.35. The zero-order valence-corrected chi connectivity index (χ0v) is 10.7. The van der Waals surface area contributed by atoms with E-state index in [2.05, 4.69) is 0 Å². The van der Waals surface area contributed by atoms with E-state index in [-0.39, 0.29) is 0 Å². The molecule has 0 spiro atoms. The molecule has 1 heterocycles. The fraction of sp³-hybridized carbons (Fsp3) is 0.429. The number of fused-ring (bicyclic) bond motifs is 1. The second kappa shape index (κ2) is 3.76. The van der Waals surface area contributed by atoms with E-state index in [1.165, 1.54) is 0 Å². The molecule has 1 unspecified atom stereocenters. The van der Waals surface area contributed by atoms with Crippen LogP contribution < -0.4 is 0 Å². The van der Waals surface area contributed by atoms with Gasteiger partial charge in [-0.25, -0.2) is 0 Å². The number of rotatable bonds is 2. The zero-order chi connectivity index (χ0) is 12.2. The average molecular weight is 251 g/mol. The number of aliphatic hydroxyl groups is 1. The molecule has 17 heavy (non-hydrogen) atoms. The van der Waals surface area contributed by atoms with Crippen LogP contribution in [0, 0.1) is 19.8 Å². The number of hydrogen-bond donors (Lipinski definition) is 1. The molecule has 0 saturated heterocycles. The summed E-state index contributed by atoms with van der Waals surface area (Å²) in [5, 5.41) is 11.9. The van der Waals surface area contributed by atoms with Gasteiger partial charge in [-0.15, -0.1) is 0 Å². The number of hydrogen-bond acceptors (Lipinski definition) is 2. The van der Waals surface area contributed by atoms with Crippen molar-refractivity contribution in [1.82, 2.24) is 0 Å². The van der Waals surface area contributed by atoms with Crippen LogP contribution >= 0.6 is 11.6 Å². The Kier molecular flexibility index (Phi) is 2.46. The molecule has 1 aromatic heterocycles. The number of aliphatic hydroxyl groups excluding tert-OH is 1. The van der Waals surface area contributed by atoms with E-state index in [1.807, 2.05) is 26.0 Å². The number of furan rings is 1. The Morgan fingerprint density at radius 1 is 1.35 bits per heavy atom. The summed E-state index contributed by atoms with van der Waals surface area (Å²) in [4.78, 5) is 0. The minimum atomic E-state index is -0.458. The highest BCUT2D eigenvalue weighted by molar-refractivity contribution is 6.33. The summed E-state index contributed by atoms with van der Waals surface area (Å²) in [6.45, 7) is 3.95. The van der Waals surface area contributed by atoms with Gasteiger partial charge >= 0.3 is 0 Å². The Balaban J connectivity index is 2.15. The van der Waals surface area contributed by atoms with Crippen LogP contribution in [0.2, 0.25) is 5.02 Å². The van der Waals surface area contributed by atoms with Gasteiger partial charge in [0, 0.05) is 10.4 Å². The highest BCUT2D eigenvalue weighted by atomic mass is 35.5. The van der Waals surface area contributed by atoms with Gasteiger partial charge in [0.05, 0.1) is 0 Å². The van der Waals surface area contributed by atoms with Crippen LogP contribution in [0.1, 0.15) is 35.8 Å². The van der Waals surface area contributed by atoms with Gasteiger partial charge in [-0.05, 0) is 55.9 Å². The quantitative estimate of drug-likeness (QED) is 0.869. The van der Waals surface area contributed by atoms with Gasteiger partial charge in [-0.2, -0.15) is 0 Å². The number of halogens is 1. The maximum Gasteiger partial charge on any atom is 0.135 e. The van der Waals surface area contributed by atoms with Crippen LogP contribution in [0.15, 0.2) is 16.5 Å². The number of aryl methyl sites for hydroxylation is 2. The Labute approximate surface area is 105 Å². The van der Waals surface area contributed by atoms with Crippen molar-refractivity contribution in [3.63, 3.8) is 0 Å². The first-order chi connectivity index (χ1) is 8.08. The summed E-state index contributed by atoms with van der Waals surface area (Å²) in [6, 6.07) is 3.87. The largest absolute Gasteiger partial charge is 0.458 e. The van der Waals surface area contributed by atoms with E-state index in [4.69, 9.17) is 16.0 Å². The molecule has 1 aromatic carbocycles. The molecule has 2 nitrogen and oxygen atoms in total. The monoisotopic (exact) mass is 250 g/mol. The van der Waals surface area contributed by atoms with Crippen molar-refractivity contribution in [2.75, 3.05) is 0 Å². The van der Waals surface area contributed by atoms with Crippen LogP contribution in [-0.4, -0.2) is 5.11 Å². The highest BCUT2D eigenvalue weighted by Gasteiger charge is 2.33. The van der Waals surface area contributed by atoms with Gasteiger partial charge in [-0.3, -0.25) is 0 Å². The van der Waals surface area contributed by atoms with E-state index < -0.39 is 6.10 Å². The third kappa shape index (κ3) is 1.76. The molecule has 0 amide bonds. The lowest BCUT2D eigenvalue weighted by molar-refractivity contribution is 0.129. The van der Waals surface area contributed by atoms with Gasteiger partial charge in [0.15, 0.2) is 0 Å². The molecule has 1 aliphatic rings. The third-order valence-electron chi connectivity index (χ3n) is 3.57. The van der Waals surface area contributed by atoms with Crippen molar-refractivity contribution >= 4 is 22.6 Å². The molecule has 0 bridgehead atoms. The van der Waals surface area contributed by atoms with Crippen molar-refractivity contribution in [3.8, 4) is 0 Å². The normalized spacial score (nSPS) is 17.6. The lowest BCUT2D eigenvalue weighted by Crippen LogP contribution is -1.96. The first kappa shape index (κ1) is 11.1. The fourth-order valence-corrected chi connectivity index (χ4v) is 2.45. The summed E-state index contributed by atoms with van der Waals surface area (Å²) in [5.74, 6) is 1.06. The Bertz CT molecular complexity index is 581. The predicted molar refractivity (Wildman–Crippen MR) is 68.4 cm³/mol. The third-order valence-corrected chi connectivity index (χ3v) is 4.15. The van der Waals surface area contributed by atoms with Crippen molar-refractivity contribution < 1.29 is 9.52 Å². The Hall–Kier alpha value is -0.990. The molecule has 3 heteroatoms. The fourth-order valence-electron chi connectivity index (χ4n) is 2.29. The minimum absolute atomic E-state index is 0.382. The van der Waals surface area contributed by atoms with Crippen molar-refractivity contribution in [3.05, 3.63) is 34.0 Å². The Morgan fingerprint density at radius 2 is 2.06 bits per heavy atom. The molecule has 0 radical (unpaired) electrons. The van der Waals surface area contributed by atoms with E-state index in [0.717, 1.165) is 40.0 Å². The SMILES string of the molecule is Cc1cc2oc(C(O)C3CC3)cc2c(C)c1Cl. The molecule has 1 fully saturated rings. The summed E-state index contributed by atoms with van der Waals surface area (Å²) in [5.41, 5.74) is 2.86. The van der Waals surface area contributed by atoms with Crippen LogP contribution in [-0.2, 0) is 0 Å². The van der Waals surface area contributed by atoms with Crippen molar-refractivity contribution in [1.29, 1.82) is 0 Å². The lowest BCUT2D eigenvalue weighted by atomic mass is 10.1. The van der Waals surface area contributed by atoms with Crippen molar-refractivity contribution in [2.24, 2.45) is 5.92 Å². The summed E-state index contributed by atoms with van der Waals surface area (Å²) in [7, 11) is 0. The molecule has 2 aromatic rings. The lowest BCUT2D eigenvalue weighted by Gasteiger charge is -2.03. The van der Waals surface area contributed by atoms with Crippen LogP contribution in [0.25, 0.3) is 11.0 Å². The van der Waals surface area contributed by atoms with Crippen molar-refractivity contribution in [2.45, 2.75) is 32.8 Å². The maximum absolute atomic E-state index is 10.1. The maximum atomic E-state index is 10.1. The first-order valence-electron chi connectivity index (χ1n) is 5.95. The molecule has 1 N–H and O–H groups in total. The highest BCUT2D eigenvalue weighted by Crippen LogP contribution is 2.43. The van der Waals surface area contributed by atoms with Gasteiger partial charge < -0.3 is 9.52 Å². The second-order valence-electron chi connectivity index (χ2n) is 4.98. The first-order valence-corrected chi connectivity index (χ1v) is 6.33. The summed E-state index contributed by atoms with van der Waals surface area (Å²) < 4.78 is 5.74.